The van der Waals surface area contributed by atoms with Crippen LogP contribution in [0.25, 0.3) is 0 Å². The van der Waals surface area contributed by atoms with E-state index in [1.165, 1.54) is 6.92 Å². The van der Waals surface area contributed by atoms with Crippen molar-refractivity contribution in [2.45, 2.75) is 25.9 Å². The first kappa shape index (κ1) is 12.0. The molecular formula is C10H11F4N. The summed E-state index contributed by atoms with van der Waals surface area (Å²) in [5, 5.41) is 2.41. The Hall–Kier alpha value is -1.10. The molecule has 5 heteroatoms. The van der Waals surface area contributed by atoms with Crippen molar-refractivity contribution in [1.82, 2.24) is 5.32 Å². The summed E-state index contributed by atoms with van der Waals surface area (Å²) >= 11 is 0. The summed E-state index contributed by atoms with van der Waals surface area (Å²) in [6, 6.07) is 1.89. The molecule has 0 amide bonds. The maximum atomic E-state index is 13.0. The van der Waals surface area contributed by atoms with Gasteiger partial charge in [-0.1, -0.05) is 0 Å². The maximum absolute atomic E-state index is 13.0. The fourth-order valence-corrected chi connectivity index (χ4v) is 1.04. The third-order valence-electron chi connectivity index (χ3n) is 2.00. The number of halogens is 4. The number of nitrogens with one attached hydrogen (secondary N) is 1. The second kappa shape index (κ2) is 5.11. The summed E-state index contributed by atoms with van der Waals surface area (Å²) in [6.45, 7) is 1.16. The Bertz CT molecular complexity index is 327. The Kier molecular flexibility index (Phi) is 4.08. The second-order valence-corrected chi connectivity index (χ2v) is 3.24. The first-order chi connectivity index (χ1) is 7.00. The Morgan fingerprint density at radius 1 is 1.27 bits per heavy atom. The van der Waals surface area contributed by atoms with Crippen LogP contribution in [0.3, 0.4) is 0 Å². The molecule has 0 aromatic heterocycles. The zero-order valence-electron chi connectivity index (χ0n) is 8.11. The van der Waals surface area contributed by atoms with E-state index in [1.807, 2.05) is 0 Å². The molecule has 0 aliphatic rings. The number of hydrogen-bond acceptors (Lipinski definition) is 1. The van der Waals surface area contributed by atoms with Crippen LogP contribution in [-0.4, -0.2) is 12.5 Å². The lowest BCUT2D eigenvalue weighted by Gasteiger charge is -2.12. The van der Waals surface area contributed by atoms with E-state index in [2.05, 4.69) is 5.32 Å². The van der Waals surface area contributed by atoms with Gasteiger partial charge in [0.05, 0.1) is 6.04 Å². The summed E-state index contributed by atoms with van der Waals surface area (Å²) < 4.78 is 49.9. The molecule has 1 aromatic carbocycles. The molecule has 15 heavy (non-hydrogen) atoms. The predicted molar refractivity (Wildman–Crippen MR) is 48.7 cm³/mol. The highest BCUT2D eigenvalue weighted by Gasteiger charge is 2.14. The van der Waals surface area contributed by atoms with E-state index in [0.29, 0.717) is 0 Å². The van der Waals surface area contributed by atoms with Gasteiger partial charge in [0, 0.05) is 12.1 Å². The molecule has 1 aromatic rings. The van der Waals surface area contributed by atoms with Crippen LogP contribution in [0.15, 0.2) is 18.2 Å². The number of benzene rings is 1. The molecule has 0 radical (unpaired) electrons. The van der Waals surface area contributed by atoms with Gasteiger partial charge in [-0.2, -0.15) is 0 Å². The average molecular weight is 221 g/mol. The largest absolute Gasteiger partial charge is 0.305 e. The molecule has 1 atom stereocenters. The molecule has 1 nitrogen and oxygen atoms in total. The van der Waals surface area contributed by atoms with Gasteiger partial charge in [-0.3, -0.25) is 0 Å². The van der Waals surface area contributed by atoms with Gasteiger partial charge in [0.25, 0.3) is 6.43 Å². The Morgan fingerprint density at radius 3 is 2.53 bits per heavy atom. The van der Waals surface area contributed by atoms with Crippen LogP contribution in [0.1, 0.15) is 12.5 Å². The predicted octanol–water partition coefficient (Wildman–Crippen LogP) is 2.71. The molecule has 1 unspecified atom stereocenters. The lowest BCUT2D eigenvalue weighted by atomic mass is 10.2. The van der Waals surface area contributed by atoms with E-state index in [1.54, 1.807) is 0 Å². The highest BCUT2D eigenvalue weighted by molar-refractivity contribution is 5.18. The van der Waals surface area contributed by atoms with E-state index in [9.17, 15) is 17.6 Å². The maximum Gasteiger partial charge on any atom is 0.253 e. The highest BCUT2D eigenvalue weighted by Crippen LogP contribution is 2.10. The van der Waals surface area contributed by atoms with E-state index < -0.39 is 24.1 Å². The fraction of sp³-hybridized carbons (Fsp3) is 0.400. The molecule has 0 bridgehead atoms. The molecule has 0 fully saturated rings. The van der Waals surface area contributed by atoms with Gasteiger partial charge in [-0.05, 0) is 25.1 Å². The summed E-state index contributed by atoms with van der Waals surface area (Å²) in [5.74, 6) is -1.19. The van der Waals surface area contributed by atoms with Gasteiger partial charge in [0.1, 0.15) is 11.6 Å². The smallest absolute Gasteiger partial charge is 0.253 e. The van der Waals surface area contributed by atoms with Crippen LogP contribution in [0.2, 0.25) is 0 Å². The highest BCUT2D eigenvalue weighted by atomic mass is 19.3. The topological polar surface area (TPSA) is 12.0 Å². The molecule has 0 spiro atoms. The lowest BCUT2D eigenvalue weighted by molar-refractivity contribution is 0.105. The van der Waals surface area contributed by atoms with Crippen LogP contribution in [-0.2, 0) is 6.54 Å². The molecule has 84 valence electrons. The average Bonchev–Trinajstić information content (AvgIpc) is 2.18. The van der Waals surface area contributed by atoms with E-state index >= 15 is 0 Å². The van der Waals surface area contributed by atoms with Gasteiger partial charge in [0.15, 0.2) is 0 Å². The third kappa shape index (κ3) is 3.51. The third-order valence-corrected chi connectivity index (χ3v) is 2.00. The van der Waals surface area contributed by atoms with Crippen molar-refractivity contribution in [3.05, 3.63) is 35.4 Å². The van der Waals surface area contributed by atoms with Crippen LogP contribution in [0.4, 0.5) is 17.6 Å². The number of alkyl halides is 2. The quantitative estimate of drug-likeness (QED) is 0.771. The zero-order chi connectivity index (χ0) is 11.4. The molecule has 0 heterocycles. The van der Waals surface area contributed by atoms with Crippen molar-refractivity contribution >= 4 is 0 Å². The van der Waals surface area contributed by atoms with Gasteiger partial charge >= 0.3 is 0 Å². The minimum atomic E-state index is -2.53. The van der Waals surface area contributed by atoms with Crippen molar-refractivity contribution in [3.63, 3.8) is 0 Å². The normalized spacial score (nSPS) is 13.2. The van der Waals surface area contributed by atoms with Crippen molar-refractivity contribution in [2.75, 3.05) is 0 Å². The summed E-state index contributed by atoms with van der Waals surface area (Å²) in [5.41, 5.74) is 0.0440. The summed E-state index contributed by atoms with van der Waals surface area (Å²) in [7, 11) is 0. The summed E-state index contributed by atoms with van der Waals surface area (Å²) in [6.07, 6.45) is -2.53. The first-order valence-corrected chi connectivity index (χ1v) is 4.46. The molecule has 0 saturated heterocycles. The Balaban J connectivity index is 2.61. The van der Waals surface area contributed by atoms with E-state index in [4.69, 9.17) is 0 Å². The second-order valence-electron chi connectivity index (χ2n) is 3.24. The Labute approximate surface area is 85.1 Å². The van der Waals surface area contributed by atoms with Gasteiger partial charge in [0.2, 0.25) is 0 Å². The number of rotatable bonds is 4. The van der Waals surface area contributed by atoms with Crippen molar-refractivity contribution in [2.24, 2.45) is 0 Å². The fourth-order valence-electron chi connectivity index (χ4n) is 1.04. The van der Waals surface area contributed by atoms with Gasteiger partial charge in [-0.25, -0.2) is 17.6 Å². The van der Waals surface area contributed by atoms with Gasteiger partial charge < -0.3 is 5.32 Å². The molecule has 0 saturated carbocycles. The van der Waals surface area contributed by atoms with Crippen LogP contribution < -0.4 is 5.32 Å². The minimum Gasteiger partial charge on any atom is -0.305 e. The molecular weight excluding hydrogens is 210 g/mol. The standard InChI is InChI=1S/C10H11F4N/c1-6(10(13)14)15-5-7-4-8(11)2-3-9(7)12/h2-4,6,10,15H,5H2,1H3. The molecule has 0 aliphatic heterocycles. The SMILES string of the molecule is CC(NCc1cc(F)ccc1F)C(F)F. The first-order valence-electron chi connectivity index (χ1n) is 4.46. The Morgan fingerprint density at radius 2 is 1.93 bits per heavy atom. The van der Waals surface area contributed by atoms with Crippen LogP contribution in [0.5, 0.6) is 0 Å². The number of hydrogen-bond donors (Lipinski definition) is 1. The van der Waals surface area contributed by atoms with E-state index in [0.717, 1.165) is 18.2 Å². The molecule has 1 N–H and O–H groups in total. The lowest BCUT2D eigenvalue weighted by Crippen LogP contribution is -2.32. The van der Waals surface area contributed by atoms with E-state index in [-0.39, 0.29) is 12.1 Å². The van der Waals surface area contributed by atoms with Gasteiger partial charge in [-0.15, -0.1) is 0 Å². The molecule has 0 aliphatic carbocycles. The van der Waals surface area contributed by atoms with Crippen molar-refractivity contribution in [3.8, 4) is 0 Å². The molecule has 1 rings (SSSR count). The monoisotopic (exact) mass is 221 g/mol. The van der Waals surface area contributed by atoms with Crippen LogP contribution in [0, 0.1) is 11.6 Å². The zero-order valence-corrected chi connectivity index (χ0v) is 8.11. The minimum absolute atomic E-state index is 0.0440. The van der Waals surface area contributed by atoms with Crippen molar-refractivity contribution < 1.29 is 17.6 Å². The van der Waals surface area contributed by atoms with Crippen molar-refractivity contribution in [1.29, 1.82) is 0 Å². The summed E-state index contributed by atoms with van der Waals surface area (Å²) in [4.78, 5) is 0. The van der Waals surface area contributed by atoms with Crippen LogP contribution >= 0.6 is 0 Å².